The Labute approximate surface area is 166 Å². The highest BCUT2D eigenvalue weighted by Gasteiger charge is 2.06. The molecule has 0 aliphatic carbocycles. The van der Waals surface area contributed by atoms with Crippen LogP contribution in [0.1, 0.15) is 30.2 Å². The summed E-state index contributed by atoms with van der Waals surface area (Å²) in [4.78, 5) is 20.9. The summed E-state index contributed by atoms with van der Waals surface area (Å²) >= 11 is 0. The van der Waals surface area contributed by atoms with Gasteiger partial charge in [-0.1, -0.05) is 18.2 Å². The largest absolute Gasteiger partial charge is 0.496 e. The first-order valence-electron chi connectivity index (χ1n) is 9.41. The zero-order valence-electron chi connectivity index (χ0n) is 17.0. The molecule has 0 saturated heterocycles. The molecule has 7 heteroatoms. The topological polar surface area (TPSA) is 87.6 Å². The summed E-state index contributed by atoms with van der Waals surface area (Å²) in [6, 6.07) is 11.6. The second-order valence-electron chi connectivity index (χ2n) is 6.40. The quantitative estimate of drug-likeness (QED) is 0.482. The molecule has 0 unspecified atom stereocenters. The van der Waals surface area contributed by atoms with Crippen LogP contribution in [0.4, 0.5) is 5.82 Å². The number of nitrogens with one attached hydrogen (secondary N) is 3. The van der Waals surface area contributed by atoms with Crippen LogP contribution in [0.3, 0.4) is 0 Å². The van der Waals surface area contributed by atoms with E-state index in [0.29, 0.717) is 31.3 Å². The van der Waals surface area contributed by atoms with E-state index in [4.69, 9.17) is 4.74 Å². The standard InChI is InChI=1S/C21H29N5O2/c1-5-22-21(24-14-17-10-9-15(2)13-18(17)28-4)23-12-11-20(27)26-19-8-6-7-16(3)25-19/h6-10,13H,5,11-12,14H2,1-4H3,(H2,22,23,24)(H,25,26,27). The third kappa shape index (κ3) is 6.90. The SMILES string of the molecule is CCNC(=NCc1ccc(C)cc1OC)NCCC(=O)Nc1cccc(C)n1. The Hall–Kier alpha value is -3.09. The van der Waals surface area contributed by atoms with Gasteiger partial charge in [0.05, 0.1) is 13.7 Å². The number of nitrogens with zero attached hydrogens (tertiary/aromatic N) is 2. The smallest absolute Gasteiger partial charge is 0.227 e. The fourth-order valence-corrected chi connectivity index (χ4v) is 2.60. The molecule has 0 atom stereocenters. The predicted molar refractivity (Wildman–Crippen MR) is 113 cm³/mol. The van der Waals surface area contributed by atoms with E-state index in [2.05, 4.69) is 25.9 Å². The summed E-state index contributed by atoms with van der Waals surface area (Å²) < 4.78 is 5.43. The fourth-order valence-electron chi connectivity index (χ4n) is 2.60. The van der Waals surface area contributed by atoms with Gasteiger partial charge >= 0.3 is 0 Å². The molecule has 2 rings (SSSR count). The number of ether oxygens (including phenoxy) is 1. The Balaban J connectivity index is 1.88. The lowest BCUT2D eigenvalue weighted by molar-refractivity contribution is -0.116. The average molecular weight is 383 g/mol. The maximum Gasteiger partial charge on any atom is 0.227 e. The molecular formula is C21H29N5O2. The highest BCUT2D eigenvalue weighted by atomic mass is 16.5. The van der Waals surface area contributed by atoms with Crippen LogP contribution in [-0.4, -0.2) is 37.1 Å². The Morgan fingerprint density at radius 1 is 1.18 bits per heavy atom. The van der Waals surface area contributed by atoms with Gasteiger partial charge in [-0.2, -0.15) is 0 Å². The zero-order chi connectivity index (χ0) is 20.4. The van der Waals surface area contributed by atoms with E-state index in [0.717, 1.165) is 29.1 Å². The third-order valence-corrected chi connectivity index (χ3v) is 3.99. The molecule has 3 N–H and O–H groups in total. The van der Waals surface area contributed by atoms with Crippen LogP contribution >= 0.6 is 0 Å². The van der Waals surface area contributed by atoms with Gasteiger partial charge in [0.15, 0.2) is 5.96 Å². The van der Waals surface area contributed by atoms with Crippen molar-refractivity contribution in [3.8, 4) is 5.75 Å². The maximum atomic E-state index is 12.1. The fraction of sp³-hybridized carbons (Fsp3) is 0.381. The first-order chi connectivity index (χ1) is 13.5. The number of pyridine rings is 1. The van der Waals surface area contributed by atoms with Crippen molar-refractivity contribution in [2.45, 2.75) is 33.7 Å². The number of hydrogen-bond acceptors (Lipinski definition) is 4. The van der Waals surface area contributed by atoms with E-state index in [-0.39, 0.29) is 5.91 Å². The molecule has 0 aliphatic rings. The van der Waals surface area contributed by atoms with E-state index in [1.807, 2.05) is 51.1 Å². The van der Waals surface area contributed by atoms with Crippen molar-refractivity contribution in [1.82, 2.24) is 15.6 Å². The van der Waals surface area contributed by atoms with Gasteiger partial charge in [0.2, 0.25) is 5.91 Å². The molecule has 2 aromatic rings. The van der Waals surface area contributed by atoms with Crippen molar-refractivity contribution in [2.24, 2.45) is 4.99 Å². The molecule has 0 fully saturated rings. The van der Waals surface area contributed by atoms with Crippen molar-refractivity contribution >= 4 is 17.7 Å². The number of carbonyl (C=O) groups excluding carboxylic acids is 1. The highest BCUT2D eigenvalue weighted by molar-refractivity contribution is 5.90. The lowest BCUT2D eigenvalue weighted by Crippen LogP contribution is -2.38. The number of aliphatic imine (C=N–C) groups is 1. The summed E-state index contributed by atoms with van der Waals surface area (Å²) in [7, 11) is 1.66. The van der Waals surface area contributed by atoms with Gasteiger partial charge in [-0.25, -0.2) is 9.98 Å². The maximum absolute atomic E-state index is 12.1. The Morgan fingerprint density at radius 3 is 2.71 bits per heavy atom. The van der Waals surface area contributed by atoms with Crippen LogP contribution in [0.25, 0.3) is 0 Å². The highest BCUT2D eigenvalue weighted by Crippen LogP contribution is 2.20. The molecule has 1 aromatic carbocycles. The predicted octanol–water partition coefficient (Wildman–Crippen LogP) is 2.79. The first-order valence-corrected chi connectivity index (χ1v) is 9.41. The molecule has 0 aliphatic heterocycles. The number of rotatable bonds is 8. The number of aromatic nitrogens is 1. The average Bonchev–Trinajstić information content (AvgIpc) is 2.66. The summed E-state index contributed by atoms with van der Waals surface area (Å²) in [5, 5.41) is 9.17. The number of guanidine groups is 1. The van der Waals surface area contributed by atoms with Gasteiger partial charge in [0.25, 0.3) is 0 Å². The van der Waals surface area contributed by atoms with Gasteiger partial charge in [0, 0.05) is 30.8 Å². The van der Waals surface area contributed by atoms with Crippen LogP contribution in [0.2, 0.25) is 0 Å². The number of anilines is 1. The van der Waals surface area contributed by atoms with Crippen molar-refractivity contribution < 1.29 is 9.53 Å². The van der Waals surface area contributed by atoms with E-state index < -0.39 is 0 Å². The molecule has 0 saturated carbocycles. The summed E-state index contributed by atoms with van der Waals surface area (Å²) in [6.07, 6.45) is 0.313. The second kappa shape index (κ2) is 10.9. The molecule has 150 valence electrons. The third-order valence-electron chi connectivity index (χ3n) is 3.99. The van der Waals surface area contributed by atoms with Crippen LogP contribution < -0.4 is 20.7 Å². The number of amides is 1. The Kier molecular flexibility index (Phi) is 8.27. The van der Waals surface area contributed by atoms with E-state index in [9.17, 15) is 4.79 Å². The lowest BCUT2D eigenvalue weighted by atomic mass is 10.1. The minimum absolute atomic E-state index is 0.0957. The second-order valence-corrected chi connectivity index (χ2v) is 6.40. The molecule has 0 spiro atoms. The molecule has 1 amide bonds. The number of aryl methyl sites for hydroxylation is 2. The molecule has 0 bridgehead atoms. The molecule has 0 radical (unpaired) electrons. The minimum Gasteiger partial charge on any atom is -0.496 e. The van der Waals surface area contributed by atoms with Crippen molar-refractivity contribution in [1.29, 1.82) is 0 Å². The lowest BCUT2D eigenvalue weighted by Gasteiger charge is -2.12. The monoisotopic (exact) mass is 383 g/mol. The molecular weight excluding hydrogens is 354 g/mol. The Bertz CT molecular complexity index is 820. The Morgan fingerprint density at radius 2 is 2.00 bits per heavy atom. The van der Waals surface area contributed by atoms with Crippen molar-refractivity contribution in [3.63, 3.8) is 0 Å². The van der Waals surface area contributed by atoms with E-state index in [1.165, 1.54) is 0 Å². The van der Waals surface area contributed by atoms with Gasteiger partial charge in [0.1, 0.15) is 11.6 Å². The van der Waals surface area contributed by atoms with Crippen molar-refractivity contribution in [3.05, 3.63) is 53.2 Å². The summed E-state index contributed by atoms with van der Waals surface area (Å²) in [6.45, 7) is 7.60. The minimum atomic E-state index is -0.0957. The van der Waals surface area contributed by atoms with Crippen LogP contribution in [0.15, 0.2) is 41.4 Å². The van der Waals surface area contributed by atoms with E-state index >= 15 is 0 Å². The van der Waals surface area contributed by atoms with Crippen LogP contribution in [-0.2, 0) is 11.3 Å². The summed E-state index contributed by atoms with van der Waals surface area (Å²) in [5.41, 5.74) is 3.02. The zero-order valence-corrected chi connectivity index (χ0v) is 17.0. The molecule has 28 heavy (non-hydrogen) atoms. The van der Waals surface area contributed by atoms with E-state index in [1.54, 1.807) is 13.2 Å². The van der Waals surface area contributed by atoms with Gasteiger partial charge < -0.3 is 20.7 Å². The van der Waals surface area contributed by atoms with Gasteiger partial charge in [-0.05, 0) is 44.5 Å². The number of benzene rings is 1. The van der Waals surface area contributed by atoms with Crippen LogP contribution in [0.5, 0.6) is 5.75 Å². The normalized spacial score (nSPS) is 11.1. The molecule has 1 heterocycles. The molecule has 1 aromatic heterocycles. The summed E-state index contributed by atoms with van der Waals surface area (Å²) in [5.74, 6) is 1.95. The number of carbonyl (C=O) groups is 1. The number of hydrogen-bond donors (Lipinski definition) is 3. The van der Waals surface area contributed by atoms with Gasteiger partial charge in [-0.15, -0.1) is 0 Å². The van der Waals surface area contributed by atoms with Crippen molar-refractivity contribution in [2.75, 3.05) is 25.5 Å². The van der Waals surface area contributed by atoms with Gasteiger partial charge in [-0.3, -0.25) is 4.79 Å². The first kappa shape index (κ1) is 21.2. The molecule has 7 nitrogen and oxygen atoms in total. The van der Waals surface area contributed by atoms with Crippen LogP contribution in [0, 0.1) is 13.8 Å². The number of methoxy groups -OCH3 is 1.